The zero-order valence-electron chi connectivity index (χ0n) is 18.7. The first kappa shape index (κ1) is 23.1. The molecule has 3 saturated heterocycles. The van der Waals surface area contributed by atoms with Crippen molar-refractivity contribution in [3.05, 3.63) is 35.9 Å². The molecular formula is C24H32N2O5S. The molecule has 3 unspecified atom stereocenters. The van der Waals surface area contributed by atoms with Gasteiger partial charge in [0.15, 0.2) is 0 Å². The van der Waals surface area contributed by atoms with E-state index in [1.54, 1.807) is 23.6 Å². The number of unbranched alkanes of at least 4 members (excludes halogenated alkanes) is 1. The first-order valence-electron chi connectivity index (χ1n) is 11.5. The van der Waals surface area contributed by atoms with E-state index in [1.165, 1.54) is 0 Å². The average Bonchev–Trinajstić information content (AvgIpc) is 3.37. The quantitative estimate of drug-likeness (QED) is 0.432. The van der Waals surface area contributed by atoms with Crippen LogP contribution in [-0.4, -0.2) is 63.6 Å². The number of likely N-dealkylation sites (tertiary alicyclic amines) is 1. The van der Waals surface area contributed by atoms with E-state index in [-0.39, 0.29) is 42.2 Å². The van der Waals surface area contributed by atoms with Crippen LogP contribution in [0.3, 0.4) is 0 Å². The number of thioether (sulfide) groups is 1. The molecule has 3 aliphatic rings. The third kappa shape index (κ3) is 3.71. The summed E-state index contributed by atoms with van der Waals surface area (Å²) in [4.78, 5) is 41.8. The molecule has 174 valence electrons. The molecule has 32 heavy (non-hydrogen) atoms. The summed E-state index contributed by atoms with van der Waals surface area (Å²) in [6.45, 7) is 4.98. The summed E-state index contributed by atoms with van der Waals surface area (Å²) >= 11 is 1.65. The van der Waals surface area contributed by atoms with Crippen LogP contribution in [0.4, 0.5) is 0 Å². The van der Waals surface area contributed by atoms with Crippen LogP contribution in [0.15, 0.2) is 30.3 Å². The van der Waals surface area contributed by atoms with Crippen molar-refractivity contribution in [2.24, 2.45) is 17.8 Å². The number of ether oxygens (including phenoxy) is 1. The number of rotatable bonds is 9. The first-order chi connectivity index (χ1) is 15.5. The summed E-state index contributed by atoms with van der Waals surface area (Å²) in [7, 11) is 0. The molecule has 2 N–H and O–H groups in total. The van der Waals surface area contributed by atoms with Crippen LogP contribution in [0.2, 0.25) is 0 Å². The molecule has 8 heteroatoms. The summed E-state index contributed by atoms with van der Waals surface area (Å²) in [5.74, 6) is -1.52. The molecule has 2 amide bonds. The highest BCUT2D eigenvalue weighted by molar-refractivity contribution is 8.02. The number of aliphatic hydroxyl groups is 1. The number of carbonyl (C=O) groups excluding carboxylic acids is 3. The van der Waals surface area contributed by atoms with Crippen molar-refractivity contribution < 1.29 is 24.2 Å². The average molecular weight is 461 g/mol. The van der Waals surface area contributed by atoms with Crippen molar-refractivity contribution in [2.45, 2.75) is 55.7 Å². The predicted octanol–water partition coefficient (Wildman–Crippen LogP) is 1.98. The zero-order valence-corrected chi connectivity index (χ0v) is 19.5. The van der Waals surface area contributed by atoms with E-state index < -0.39 is 22.6 Å². The molecule has 1 spiro atoms. The highest BCUT2D eigenvalue weighted by Crippen LogP contribution is 2.68. The molecule has 3 heterocycles. The summed E-state index contributed by atoms with van der Waals surface area (Å²) in [5, 5.41) is 12.3. The molecule has 0 saturated carbocycles. The molecule has 2 bridgehead atoms. The number of amides is 2. The van der Waals surface area contributed by atoms with E-state index in [0.717, 1.165) is 12.0 Å². The molecule has 0 aliphatic carbocycles. The van der Waals surface area contributed by atoms with Gasteiger partial charge in [0.2, 0.25) is 11.8 Å². The van der Waals surface area contributed by atoms with E-state index in [9.17, 15) is 19.5 Å². The molecule has 0 radical (unpaired) electrons. The van der Waals surface area contributed by atoms with Crippen LogP contribution in [-0.2, 0) is 25.7 Å². The summed E-state index contributed by atoms with van der Waals surface area (Å²) in [5.41, 5.74) is 0.992. The van der Waals surface area contributed by atoms with Gasteiger partial charge in [0.05, 0.1) is 23.2 Å². The molecule has 0 aromatic heterocycles. The number of hydrogen-bond acceptors (Lipinski definition) is 6. The van der Waals surface area contributed by atoms with Crippen molar-refractivity contribution in [3.8, 4) is 0 Å². The number of carbonyl (C=O) groups is 3. The van der Waals surface area contributed by atoms with Gasteiger partial charge in [0.25, 0.3) is 0 Å². The Labute approximate surface area is 193 Å². The van der Waals surface area contributed by atoms with E-state index in [4.69, 9.17) is 4.74 Å². The van der Waals surface area contributed by atoms with Crippen LogP contribution >= 0.6 is 11.8 Å². The number of hydrogen-bond donors (Lipinski definition) is 2. The number of aliphatic hydroxyl groups excluding tert-OH is 1. The van der Waals surface area contributed by atoms with Crippen molar-refractivity contribution in [3.63, 3.8) is 0 Å². The summed E-state index contributed by atoms with van der Waals surface area (Å²) < 4.78 is 4.72. The number of fused-ring (bicyclic) bond motifs is 1. The third-order valence-corrected chi connectivity index (χ3v) is 9.25. The first-order valence-corrected chi connectivity index (χ1v) is 12.4. The summed E-state index contributed by atoms with van der Waals surface area (Å²) in [6.07, 6.45) is 1.97. The van der Waals surface area contributed by atoms with Gasteiger partial charge in [-0.05, 0) is 37.7 Å². The van der Waals surface area contributed by atoms with E-state index >= 15 is 0 Å². The fourth-order valence-corrected chi connectivity index (χ4v) is 8.25. The van der Waals surface area contributed by atoms with Crippen molar-refractivity contribution in [1.29, 1.82) is 0 Å². The maximum Gasteiger partial charge on any atom is 0.310 e. The highest BCUT2D eigenvalue weighted by Gasteiger charge is 2.76. The summed E-state index contributed by atoms with van der Waals surface area (Å²) in [6, 6.07) is 9.06. The highest BCUT2D eigenvalue weighted by atomic mass is 32.2. The van der Waals surface area contributed by atoms with Gasteiger partial charge in [-0.15, -0.1) is 11.8 Å². The lowest BCUT2D eigenvalue weighted by atomic mass is 9.66. The SMILES string of the molecule is CCOC(=O)[C@@H]1[C@@H]2CC(C)C3(S2)C(C(=O)NCc2ccccc2)N(CCCCO)C(=O)[C@H]13. The Bertz CT molecular complexity index is 865. The van der Waals surface area contributed by atoms with Crippen molar-refractivity contribution in [2.75, 3.05) is 19.8 Å². The van der Waals surface area contributed by atoms with Crippen LogP contribution in [0.5, 0.6) is 0 Å². The number of benzene rings is 1. The van der Waals surface area contributed by atoms with Crippen LogP contribution in [0.1, 0.15) is 38.7 Å². The molecule has 1 aromatic carbocycles. The number of nitrogens with zero attached hydrogens (tertiary/aromatic N) is 1. The Morgan fingerprint density at radius 3 is 2.72 bits per heavy atom. The van der Waals surface area contributed by atoms with E-state index in [2.05, 4.69) is 12.2 Å². The second kappa shape index (κ2) is 9.43. The normalized spacial score (nSPS) is 32.8. The Morgan fingerprint density at radius 1 is 1.28 bits per heavy atom. The van der Waals surface area contributed by atoms with Gasteiger partial charge in [-0.1, -0.05) is 37.3 Å². The Balaban J connectivity index is 1.64. The van der Waals surface area contributed by atoms with E-state index in [1.807, 2.05) is 30.3 Å². The van der Waals surface area contributed by atoms with Gasteiger partial charge in [0, 0.05) is 24.9 Å². The standard InChI is InChI=1S/C24H32N2O5S/c1-3-31-23(30)18-17-13-15(2)24(32-17)19(18)22(29)26(11-7-8-12-27)20(24)21(28)25-14-16-9-5-4-6-10-16/h4-6,9-10,15,17-20,27H,3,7-8,11-14H2,1-2H3,(H,25,28)/t15?,17-,18+,19-,20?,24?/m0/s1. The van der Waals surface area contributed by atoms with Crippen molar-refractivity contribution in [1.82, 2.24) is 10.2 Å². The van der Waals surface area contributed by atoms with Gasteiger partial charge in [-0.3, -0.25) is 14.4 Å². The predicted molar refractivity (Wildman–Crippen MR) is 122 cm³/mol. The smallest absolute Gasteiger partial charge is 0.310 e. The maximum absolute atomic E-state index is 13.7. The lowest BCUT2D eigenvalue weighted by Gasteiger charge is -2.38. The van der Waals surface area contributed by atoms with E-state index in [0.29, 0.717) is 25.9 Å². The van der Waals surface area contributed by atoms with Gasteiger partial charge >= 0.3 is 5.97 Å². The van der Waals surface area contributed by atoms with Crippen LogP contribution < -0.4 is 5.32 Å². The minimum Gasteiger partial charge on any atom is -0.466 e. The molecular weight excluding hydrogens is 428 g/mol. The lowest BCUT2D eigenvalue weighted by molar-refractivity contribution is -0.154. The number of esters is 1. The monoisotopic (exact) mass is 460 g/mol. The molecule has 3 aliphatic heterocycles. The Kier molecular flexibility index (Phi) is 6.81. The third-order valence-electron chi connectivity index (χ3n) is 7.17. The van der Waals surface area contributed by atoms with Crippen LogP contribution in [0, 0.1) is 17.8 Å². The minimum absolute atomic E-state index is 0.00187. The topological polar surface area (TPSA) is 95.9 Å². The van der Waals surface area contributed by atoms with Gasteiger partial charge < -0.3 is 20.1 Å². The lowest BCUT2D eigenvalue weighted by Crippen LogP contribution is -2.56. The Morgan fingerprint density at radius 2 is 2.03 bits per heavy atom. The zero-order chi connectivity index (χ0) is 22.9. The fraction of sp³-hybridized carbons (Fsp3) is 0.625. The Hall–Kier alpha value is -2.06. The molecule has 4 rings (SSSR count). The fourth-order valence-electron chi connectivity index (χ4n) is 5.84. The molecule has 6 atom stereocenters. The molecule has 3 fully saturated rings. The van der Waals surface area contributed by atoms with Gasteiger partial charge in [-0.25, -0.2) is 0 Å². The second-order valence-electron chi connectivity index (χ2n) is 8.97. The van der Waals surface area contributed by atoms with Gasteiger partial charge in [0.1, 0.15) is 6.04 Å². The molecule has 1 aromatic rings. The minimum atomic E-state index is -0.633. The largest absolute Gasteiger partial charge is 0.466 e. The maximum atomic E-state index is 13.7. The number of nitrogens with one attached hydrogen (secondary N) is 1. The van der Waals surface area contributed by atoms with Gasteiger partial charge in [-0.2, -0.15) is 0 Å². The van der Waals surface area contributed by atoms with Crippen molar-refractivity contribution >= 4 is 29.5 Å². The second-order valence-corrected chi connectivity index (χ2v) is 10.5. The van der Waals surface area contributed by atoms with Crippen LogP contribution in [0.25, 0.3) is 0 Å². The molecule has 7 nitrogen and oxygen atoms in total.